The second-order valence-electron chi connectivity index (χ2n) is 5.91. The van der Waals surface area contributed by atoms with E-state index in [1.807, 2.05) is 12.1 Å². The second-order valence-corrected chi connectivity index (χ2v) is 6.82. The fourth-order valence-corrected chi connectivity index (χ4v) is 3.50. The van der Waals surface area contributed by atoms with E-state index < -0.39 is 0 Å². The van der Waals surface area contributed by atoms with Crippen LogP contribution in [0.1, 0.15) is 31.2 Å². The highest BCUT2D eigenvalue weighted by Crippen LogP contribution is 2.34. The largest absolute Gasteiger partial charge is 0.368 e. The Kier molecular flexibility index (Phi) is 4.28. The van der Waals surface area contributed by atoms with Gasteiger partial charge in [-0.2, -0.15) is 5.26 Å². The highest BCUT2D eigenvalue weighted by atomic mass is 79.9. The number of nitriles is 1. The molecule has 20 heavy (non-hydrogen) atoms. The number of hydrogen-bond donors (Lipinski definition) is 1. The van der Waals surface area contributed by atoms with Crippen LogP contribution in [0.25, 0.3) is 0 Å². The average molecular weight is 334 g/mol. The molecule has 106 valence electrons. The highest BCUT2D eigenvalue weighted by molar-refractivity contribution is 9.10. The normalized spacial score (nSPS) is 22.3. The molecule has 3 nitrogen and oxygen atoms in total. The molecule has 1 aromatic carbocycles. The molecule has 4 heteroatoms. The summed E-state index contributed by atoms with van der Waals surface area (Å²) in [5, 5.41) is 12.6. The van der Waals surface area contributed by atoms with Crippen molar-refractivity contribution in [2.75, 3.05) is 24.5 Å². The first kappa shape index (κ1) is 13.9. The van der Waals surface area contributed by atoms with Crippen molar-refractivity contribution in [1.82, 2.24) is 5.32 Å². The van der Waals surface area contributed by atoms with Crippen LogP contribution in [0.5, 0.6) is 0 Å². The van der Waals surface area contributed by atoms with Gasteiger partial charge in [0.25, 0.3) is 0 Å². The van der Waals surface area contributed by atoms with E-state index >= 15 is 0 Å². The number of hydrogen-bond acceptors (Lipinski definition) is 3. The number of nitrogens with zero attached hydrogens (tertiary/aromatic N) is 2. The van der Waals surface area contributed by atoms with Crippen molar-refractivity contribution in [2.45, 2.75) is 31.7 Å². The minimum Gasteiger partial charge on any atom is -0.368 e. The maximum atomic E-state index is 9.14. The van der Waals surface area contributed by atoms with Crippen LogP contribution >= 0.6 is 15.9 Å². The predicted octanol–water partition coefficient (Wildman–Crippen LogP) is 3.29. The van der Waals surface area contributed by atoms with Gasteiger partial charge in [0.2, 0.25) is 0 Å². The quantitative estimate of drug-likeness (QED) is 0.918. The summed E-state index contributed by atoms with van der Waals surface area (Å²) in [5.74, 6) is 0.730. The van der Waals surface area contributed by atoms with Gasteiger partial charge in [-0.05, 0) is 62.9 Å². The van der Waals surface area contributed by atoms with E-state index in [1.165, 1.54) is 31.4 Å². The van der Waals surface area contributed by atoms with Gasteiger partial charge in [0.15, 0.2) is 0 Å². The van der Waals surface area contributed by atoms with Gasteiger partial charge in [-0.15, -0.1) is 0 Å². The molecule has 1 atom stereocenters. The van der Waals surface area contributed by atoms with Gasteiger partial charge in [-0.25, -0.2) is 0 Å². The summed E-state index contributed by atoms with van der Waals surface area (Å²) in [5.41, 5.74) is 1.94. The van der Waals surface area contributed by atoms with Crippen molar-refractivity contribution in [3.05, 3.63) is 28.2 Å². The molecule has 1 saturated carbocycles. The van der Waals surface area contributed by atoms with Crippen molar-refractivity contribution >= 4 is 21.6 Å². The van der Waals surface area contributed by atoms with Crippen LogP contribution in [0.15, 0.2) is 22.7 Å². The summed E-state index contributed by atoms with van der Waals surface area (Å²) in [7, 11) is 0. The number of nitrogens with one attached hydrogen (secondary N) is 1. The molecule has 1 heterocycles. The van der Waals surface area contributed by atoms with Crippen LogP contribution in [0.3, 0.4) is 0 Å². The molecule has 0 amide bonds. The van der Waals surface area contributed by atoms with Crippen LogP contribution in [0.4, 0.5) is 5.69 Å². The Hall–Kier alpha value is -1.05. The fourth-order valence-electron chi connectivity index (χ4n) is 3.01. The first-order valence-electron chi connectivity index (χ1n) is 7.44. The van der Waals surface area contributed by atoms with Crippen molar-refractivity contribution in [2.24, 2.45) is 5.92 Å². The maximum Gasteiger partial charge on any atom is 0.0992 e. The minimum atomic E-state index is 0.678. The molecule has 2 fully saturated rings. The van der Waals surface area contributed by atoms with Crippen LogP contribution in [0.2, 0.25) is 0 Å². The molecule has 0 bridgehead atoms. The molecule has 1 aromatic rings. The summed E-state index contributed by atoms with van der Waals surface area (Å²) >= 11 is 3.53. The zero-order valence-corrected chi connectivity index (χ0v) is 13.2. The summed E-state index contributed by atoms with van der Waals surface area (Å²) in [6.45, 7) is 3.40. The summed E-state index contributed by atoms with van der Waals surface area (Å²) in [6, 6.07) is 9.00. The third-order valence-electron chi connectivity index (χ3n) is 4.18. The molecule has 0 aromatic heterocycles. The van der Waals surface area contributed by atoms with Crippen molar-refractivity contribution in [3.63, 3.8) is 0 Å². The van der Waals surface area contributed by atoms with Gasteiger partial charge in [0, 0.05) is 22.7 Å². The van der Waals surface area contributed by atoms with E-state index in [9.17, 15) is 0 Å². The zero-order valence-electron chi connectivity index (χ0n) is 11.6. The Labute approximate surface area is 129 Å². The topological polar surface area (TPSA) is 39.1 Å². The van der Waals surface area contributed by atoms with E-state index in [0.29, 0.717) is 6.04 Å². The lowest BCUT2D eigenvalue weighted by atomic mass is 9.98. The number of benzene rings is 1. The molecule has 0 radical (unpaired) electrons. The molecule has 3 rings (SSSR count). The Bertz CT molecular complexity index is 513. The first-order valence-corrected chi connectivity index (χ1v) is 8.23. The Morgan fingerprint density at radius 1 is 1.30 bits per heavy atom. The third kappa shape index (κ3) is 3.34. The highest BCUT2D eigenvalue weighted by Gasteiger charge is 2.31. The number of anilines is 1. The molecule has 1 aliphatic carbocycles. The SMILES string of the molecule is N#Cc1cc(Br)cc(N(CC2CCCNC2)C2CC2)c1. The Morgan fingerprint density at radius 2 is 2.15 bits per heavy atom. The van der Waals surface area contributed by atoms with Crippen molar-refractivity contribution in [3.8, 4) is 6.07 Å². The lowest BCUT2D eigenvalue weighted by Crippen LogP contribution is -2.39. The van der Waals surface area contributed by atoms with Gasteiger partial charge in [0.05, 0.1) is 11.6 Å². The second kappa shape index (κ2) is 6.15. The van der Waals surface area contributed by atoms with E-state index in [2.05, 4.69) is 38.3 Å². The molecule has 1 unspecified atom stereocenters. The van der Waals surface area contributed by atoms with Crippen LogP contribution in [-0.2, 0) is 0 Å². The van der Waals surface area contributed by atoms with Gasteiger partial charge in [0.1, 0.15) is 0 Å². The van der Waals surface area contributed by atoms with Crippen LogP contribution < -0.4 is 10.2 Å². The van der Waals surface area contributed by atoms with Gasteiger partial charge < -0.3 is 10.2 Å². The lowest BCUT2D eigenvalue weighted by molar-refractivity contribution is 0.376. The van der Waals surface area contributed by atoms with Crippen molar-refractivity contribution in [1.29, 1.82) is 5.26 Å². The van der Waals surface area contributed by atoms with Crippen LogP contribution in [-0.4, -0.2) is 25.7 Å². The Morgan fingerprint density at radius 3 is 2.80 bits per heavy atom. The number of halogens is 1. The van der Waals surface area contributed by atoms with Crippen LogP contribution in [0, 0.1) is 17.2 Å². The predicted molar refractivity (Wildman–Crippen MR) is 84.8 cm³/mol. The van der Waals surface area contributed by atoms with Crippen molar-refractivity contribution < 1.29 is 0 Å². The Balaban J connectivity index is 1.79. The molecule has 2 aliphatic rings. The molecule has 0 spiro atoms. The number of rotatable bonds is 4. The molecule has 1 N–H and O–H groups in total. The fraction of sp³-hybridized carbons (Fsp3) is 0.562. The number of piperidine rings is 1. The average Bonchev–Trinajstić information content (AvgIpc) is 3.29. The standard InChI is InChI=1S/C16H20BrN3/c17-14-6-13(9-18)7-16(8-14)20(15-3-4-15)11-12-2-1-5-19-10-12/h6-8,12,15,19H,1-5,10-11H2. The third-order valence-corrected chi connectivity index (χ3v) is 4.64. The minimum absolute atomic E-state index is 0.678. The van der Waals surface area contributed by atoms with E-state index in [1.54, 1.807) is 0 Å². The molecule has 1 aliphatic heterocycles. The molecule has 1 saturated heterocycles. The first-order chi connectivity index (χ1) is 9.76. The van der Waals surface area contributed by atoms with E-state index in [4.69, 9.17) is 5.26 Å². The monoisotopic (exact) mass is 333 g/mol. The van der Waals surface area contributed by atoms with Gasteiger partial charge in [-0.3, -0.25) is 0 Å². The van der Waals surface area contributed by atoms with E-state index in [0.717, 1.165) is 35.6 Å². The zero-order chi connectivity index (χ0) is 13.9. The molecular weight excluding hydrogens is 314 g/mol. The maximum absolute atomic E-state index is 9.14. The summed E-state index contributed by atoms with van der Waals surface area (Å²) in [4.78, 5) is 2.52. The smallest absolute Gasteiger partial charge is 0.0992 e. The lowest BCUT2D eigenvalue weighted by Gasteiger charge is -2.32. The van der Waals surface area contributed by atoms with E-state index in [-0.39, 0.29) is 0 Å². The molecular formula is C16H20BrN3. The summed E-state index contributed by atoms with van der Waals surface area (Å²) < 4.78 is 0.999. The van der Waals surface area contributed by atoms with Gasteiger partial charge in [-0.1, -0.05) is 15.9 Å². The summed E-state index contributed by atoms with van der Waals surface area (Å²) in [6.07, 6.45) is 5.17. The van der Waals surface area contributed by atoms with Gasteiger partial charge >= 0.3 is 0 Å².